The van der Waals surface area contributed by atoms with Crippen molar-refractivity contribution in [1.29, 1.82) is 0 Å². The minimum absolute atomic E-state index is 0.0947. The smallest absolute Gasteiger partial charge is 0.261 e. The molecule has 0 bridgehead atoms. The van der Waals surface area contributed by atoms with Gasteiger partial charge in [-0.3, -0.25) is 9.69 Å². The second-order valence-electron chi connectivity index (χ2n) is 9.36. The third-order valence-corrected chi connectivity index (χ3v) is 5.82. The molecule has 4 nitrogen and oxygen atoms in total. The number of likely N-dealkylation sites (tertiary alicyclic amines) is 1. The number of amides is 1. The van der Waals surface area contributed by atoms with E-state index in [2.05, 4.69) is 61.3 Å². The van der Waals surface area contributed by atoms with Crippen LogP contribution in [-0.2, 0) is 23.3 Å². The van der Waals surface area contributed by atoms with Crippen molar-refractivity contribution in [3.05, 3.63) is 65.2 Å². The summed E-state index contributed by atoms with van der Waals surface area (Å²) in [6.07, 6.45) is 3.36. The maximum absolute atomic E-state index is 12.6. The van der Waals surface area contributed by atoms with Crippen LogP contribution in [0.2, 0.25) is 0 Å². The molecule has 0 aromatic heterocycles. The predicted octanol–water partition coefficient (Wildman–Crippen LogP) is 5.05. The fourth-order valence-electron chi connectivity index (χ4n) is 3.86. The highest BCUT2D eigenvalue weighted by atomic mass is 16.5. The van der Waals surface area contributed by atoms with Crippen LogP contribution in [0.1, 0.15) is 63.6 Å². The average molecular weight is 409 g/mol. The lowest BCUT2D eigenvalue weighted by atomic mass is 9.87. The van der Waals surface area contributed by atoms with Gasteiger partial charge in [0.15, 0.2) is 6.10 Å². The number of benzene rings is 2. The summed E-state index contributed by atoms with van der Waals surface area (Å²) in [5, 5.41) is 3.05. The van der Waals surface area contributed by atoms with E-state index in [0.717, 1.165) is 12.3 Å². The average Bonchev–Trinajstić information content (AvgIpc) is 2.73. The Labute approximate surface area is 181 Å². The zero-order valence-corrected chi connectivity index (χ0v) is 18.9. The molecule has 1 unspecified atom stereocenters. The van der Waals surface area contributed by atoms with Crippen molar-refractivity contribution in [3.63, 3.8) is 0 Å². The topological polar surface area (TPSA) is 41.6 Å². The zero-order chi connectivity index (χ0) is 21.6. The molecule has 0 aliphatic carbocycles. The highest BCUT2D eigenvalue weighted by molar-refractivity contribution is 5.80. The second kappa shape index (κ2) is 10.1. The maximum atomic E-state index is 12.6. The number of hydrogen-bond donors (Lipinski definition) is 1. The molecular weight excluding hydrogens is 372 g/mol. The first-order chi connectivity index (χ1) is 14.3. The Morgan fingerprint density at radius 3 is 2.27 bits per heavy atom. The Balaban J connectivity index is 1.53. The Kier molecular flexibility index (Phi) is 7.54. The summed E-state index contributed by atoms with van der Waals surface area (Å²) in [6, 6.07) is 16.4. The van der Waals surface area contributed by atoms with E-state index >= 15 is 0 Å². The number of nitrogens with zero attached hydrogens (tertiary/aromatic N) is 1. The van der Waals surface area contributed by atoms with Gasteiger partial charge < -0.3 is 10.1 Å². The van der Waals surface area contributed by atoms with Crippen LogP contribution in [-0.4, -0.2) is 30.0 Å². The van der Waals surface area contributed by atoms with E-state index in [4.69, 9.17) is 4.74 Å². The molecule has 1 aliphatic rings. The van der Waals surface area contributed by atoms with Gasteiger partial charge in [0.2, 0.25) is 0 Å². The quantitative estimate of drug-likeness (QED) is 0.697. The summed E-state index contributed by atoms with van der Waals surface area (Å²) in [4.78, 5) is 15.1. The molecule has 0 radical (unpaired) electrons. The van der Waals surface area contributed by atoms with Gasteiger partial charge in [0, 0.05) is 13.1 Å². The predicted molar refractivity (Wildman–Crippen MR) is 123 cm³/mol. The fraction of sp³-hybridized carbons (Fsp3) is 0.500. The number of ether oxygens (including phenoxy) is 1. The van der Waals surface area contributed by atoms with Crippen LogP contribution in [0, 0.1) is 0 Å². The number of rotatable bonds is 7. The first-order valence-corrected chi connectivity index (χ1v) is 11.2. The van der Waals surface area contributed by atoms with Crippen LogP contribution in [0.3, 0.4) is 0 Å². The van der Waals surface area contributed by atoms with Crippen LogP contribution < -0.4 is 10.1 Å². The molecule has 2 aromatic carbocycles. The molecule has 1 heterocycles. The van der Waals surface area contributed by atoms with E-state index in [9.17, 15) is 4.79 Å². The molecule has 1 amide bonds. The van der Waals surface area contributed by atoms with Crippen molar-refractivity contribution in [2.45, 2.75) is 71.6 Å². The summed E-state index contributed by atoms with van der Waals surface area (Å²) < 4.78 is 5.86. The number of piperidine rings is 1. The molecule has 30 heavy (non-hydrogen) atoms. The Morgan fingerprint density at radius 2 is 1.63 bits per heavy atom. The molecule has 3 rings (SSSR count). The van der Waals surface area contributed by atoms with Crippen LogP contribution in [0.4, 0.5) is 0 Å². The van der Waals surface area contributed by atoms with E-state index in [-0.39, 0.29) is 11.3 Å². The van der Waals surface area contributed by atoms with Crippen molar-refractivity contribution in [2.24, 2.45) is 0 Å². The van der Waals surface area contributed by atoms with E-state index in [1.54, 1.807) is 6.92 Å². The molecule has 162 valence electrons. The van der Waals surface area contributed by atoms with Gasteiger partial charge >= 0.3 is 0 Å². The summed E-state index contributed by atoms with van der Waals surface area (Å²) in [5.74, 6) is 0.624. The third kappa shape index (κ3) is 6.33. The van der Waals surface area contributed by atoms with Gasteiger partial charge in [-0.15, -0.1) is 0 Å². The minimum atomic E-state index is -0.542. The van der Waals surface area contributed by atoms with E-state index in [0.29, 0.717) is 6.54 Å². The number of carbonyl (C=O) groups is 1. The van der Waals surface area contributed by atoms with Crippen LogP contribution in [0.5, 0.6) is 5.75 Å². The van der Waals surface area contributed by atoms with Crippen molar-refractivity contribution >= 4 is 5.91 Å². The van der Waals surface area contributed by atoms with Gasteiger partial charge in [0.1, 0.15) is 5.75 Å². The van der Waals surface area contributed by atoms with Crippen LogP contribution in [0.25, 0.3) is 0 Å². The molecule has 1 aliphatic heterocycles. The molecule has 0 spiro atoms. The lowest BCUT2D eigenvalue weighted by Gasteiger charge is -2.27. The van der Waals surface area contributed by atoms with Crippen molar-refractivity contribution in [2.75, 3.05) is 13.1 Å². The molecule has 2 aromatic rings. The summed E-state index contributed by atoms with van der Waals surface area (Å²) in [5.41, 5.74) is 3.82. The van der Waals surface area contributed by atoms with Crippen molar-refractivity contribution < 1.29 is 9.53 Å². The van der Waals surface area contributed by atoms with E-state index < -0.39 is 6.10 Å². The van der Waals surface area contributed by atoms with Gasteiger partial charge in [0.05, 0.1) is 0 Å². The lowest BCUT2D eigenvalue weighted by molar-refractivity contribution is -0.127. The molecule has 1 fully saturated rings. The molecule has 0 saturated carbocycles. The third-order valence-electron chi connectivity index (χ3n) is 5.82. The molecule has 1 saturated heterocycles. The van der Waals surface area contributed by atoms with Crippen LogP contribution in [0.15, 0.2) is 48.5 Å². The highest BCUT2D eigenvalue weighted by Gasteiger charge is 2.17. The Bertz CT molecular complexity index is 818. The monoisotopic (exact) mass is 408 g/mol. The first kappa shape index (κ1) is 22.4. The first-order valence-electron chi connectivity index (χ1n) is 11.2. The van der Waals surface area contributed by atoms with Crippen molar-refractivity contribution in [1.82, 2.24) is 10.2 Å². The molecule has 4 heteroatoms. The Morgan fingerprint density at radius 1 is 1.00 bits per heavy atom. The van der Waals surface area contributed by atoms with Gasteiger partial charge in [-0.25, -0.2) is 0 Å². The molecule has 1 N–H and O–H groups in total. The van der Waals surface area contributed by atoms with Crippen LogP contribution >= 0.6 is 0 Å². The molecular formula is C26H36N2O2. The number of nitrogens with one attached hydrogen (secondary N) is 1. The second-order valence-corrected chi connectivity index (χ2v) is 9.36. The SMILES string of the molecule is CC(Oc1ccc(C(C)(C)C)cc1)C(=O)NCc1ccccc1CN1CCCCC1. The maximum Gasteiger partial charge on any atom is 0.261 e. The van der Waals surface area contributed by atoms with Gasteiger partial charge in [-0.05, 0) is 67.1 Å². The van der Waals surface area contributed by atoms with Gasteiger partial charge in [0.25, 0.3) is 5.91 Å². The summed E-state index contributed by atoms with van der Waals surface area (Å²) >= 11 is 0. The minimum Gasteiger partial charge on any atom is -0.481 e. The summed E-state index contributed by atoms with van der Waals surface area (Å²) in [6.45, 7) is 12.2. The lowest BCUT2D eigenvalue weighted by Crippen LogP contribution is -2.36. The number of hydrogen-bond acceptors (Lipinski definition) is 3. The highest BCUT2D eigenvalue weighted by Crippen LogP contribution is 2.24. The standard InChI is InChI=1S/C26H36N2O2/c1-20(30-24-14-12-23(13-15-24)26(2,3)4)25(29)27-18-21-10-6-7-11-22(21)19-28-16-8-5-9-17-28/h6-7,10-15,20H,5,8-9,16-19H2,1-4H3,(H,27,29). The molecule has 1 atom stereocenters. The zero-order valence-electron chi connectivity index (χ0n) is 18.9. The largest absolute Gasteiger partial charge is 0.481 e. The fourth-order valence-corrected chi connectivity index (χ4v) is 3.86. The van der Waals surface area contributed by atoms with E-state index in [1.165, 1.54) is 49.0 Å². The normalized spacial score (nSPS) is 16.1. The van der Waals surface area contributed by atoms with E-state index in [1.807, 2.05) is 18.2 Å². The summed E-state index contributed by atoms with van der Waals surface area (Å²) in [7, 11) is 0. The Hall–Kier alpha value is -2.33. The number of carbonyl (C=O) groups excluding carboxylic acids is 1. The van der Waals surface area contributed by atoms with Gasteiger partial charge in [-0.1, -0.05) is 63.6 Å². The van der Waals surface area contributed by atoms with Gasteiger partial charge in [-0.2, -0.15) is 0 Å². The van der Waals surface area contributed by atoms with Crippen molar-refractivity contribution in [3.8, 4) is 5.75 Å².